The van der Waals surface area contributed by atoms with E-state index in [0.717, 1.165) is 18.5 Å². The van der Waals surface area contributed by atoms with Gasteiger partial charge in [-0.25, -0.2) is 9.97 Å². The summed E-state index contributed by atoms with van der Waals surface area (Å²) in [4.78, 5) is 26.4. The molecule has 1 aliphatic heterocycles. The highest BCUT2D eigenvalue weighted by Gasteiger charge is 2.33. The van der Waals surface area contributed by atoms with E-state index in [9.17, 15) is 4.79 Å². The van der Waals surface area contributed by atoms with E-state index in [2.05, 4.69) is 4.90 Å². The van der Waals surface area contributed by atoms with Crippen molar-refractivity contribution in [3.05, 3.63) is 58.1 Å². The highest BCUT2D eigenvalue weighted by molar-refractivity contribution is 6.42. The molecule has 1 saturated heterocycles. The Balaban J connectivity index is 1.66. The van der Waals surface area contributed by atoms with Crippen LogP contribution in [-0.4, -0.2) is 46.5 Å². The molecular formula is C25H28Cl2N4O2. The molecule has 1 amide bonds. The maximum atomic E-state index is 12.7. The second kappa shape index (κ2) is 10.1. The van der Waals surface area contributed by atoms with Crippen LogP contribution in [0.25, 0.3) is 11.0 Å². The van der Waals surface area contributed by atoms with Crippen LogP contribution in [0.4, 0.5) is 5.82 Å². The molecule has 4 rings (SSSR count). The summed E-state index contributed by atoms with van der Waals surface area (Å²) in [6, 6.07) is 13.5. The number of ether oxygens (including phenoxy) is 1. The zero-order valence-corrected chi connectivity index (χ0v) is 20.6. The molecule has 1 aromatic heterocycles. The largest absolute Gasteiger partial charge is 0.470 e. The maximum Gasteiger partial charge on any atom is 0.258 e. The van der Waals surface area contributed by atoms with Gasteiger partial charge in [-0.15, -0.1) is 0 Å². The molecule has 3 aromatic rings. The molecule has 1 aliphatic rings. The van der Waals surface area contributed by atoms with Gasteiger partial charge in [0.25, 0.3) is 5.88 Å². The van der Waals surface area contributed by atoms with Crippen LogP contribution in [0.3, 0.4) is 0 Å². The summed E-state index contributed by atoms with van der Waals surface area (Å²) in [6.07, 6.45) is 0.867. The number of aromatic nitrogens is 2. The average molecular weight is 487 g/mol. The second-order valence-electron chi connectivity index (χ2n) is 8.55. The Morgan fingerprint density at radius 2 is 1.82 bits per heavy atom. The zero-order chi connectivity index (χ0) is 23.5. The molecule has 33 heavy (non-hydrogen) atoms. The lowest BCUT2D eigenvalue weighted by Gasteiger charge is -2.29. The van der Waals surface area contributed by atoms with Crippen LogP contribution in [0, 0.1) is 5.92 Å². The van der Waals surface area contributed by atoms with E-state index >= 15 is 0 Å². The predicted octanol–water partition coefficient (Wildman–Crippen LogP) is 5.60. The van der Waals surface area contributed by atoms with Crippen molar-refractivity contribution >= 4 is 46.0 Å². The molecule has 0 aliphatic carbocycles. The number of amides is 1. The van der Waals surface area contributed by atoms with Gasteiger partial charge in [0.1, 0.15) is 6.61 Å². The topological polar surface area (TPSA) is 58.6 Å². The molecule has 6 nitrogen and oxygen atoms in total. The van der Waals surface area contributed by atoms with Gasteiger partial charge in [0, 0.05) is 25.6 Å². The smallest absolute Gasteiger partial charge is 0.258 e. The quantitative estimate of drug-likeness (QED) is 0.434. The van der Waals surface area contributed by atoms with Gasteiger partial charge in [-0.2, -0.15) is 0 Å². The van der Waals surface area contributed by atoms with Crippen LogP contribution < -0.4 is 9.64 Å². The average Bonchev–Trinajstić information content (AvgIpc) is 3.28. The van der Waals surface area contributed by atoms with E-state index in [1.54, 1.807) is 12.1 Å². The molecule has 1 atom stereocenters. The first-order valence-corrected chi connectivity index (χ1v) is 12.0. The van der Waals surface area contributed by atoms with E-state index in [0.29, 0.717) is 52.5 Å². The first kappa shape index (κ1) is 23.6. The Labute approximate surface area is 204 Å². The van der Waals surface area contributed by atoms with Gasteiger partial charge in [0.2, 0.25) is 5.91 Å². The molecular weight excluding hydrogens is 459 g/mol. The van der Waals surface area contributed by atoms with E-state index in [4.69, 9.17) is 37.9 Å². The number of fused-ring (bicyclic) bond motifs is 1. The SMILES string of the molecule is CCN(C(=O)C(C)C)[C@H]1CCN(c2nc3cc(Cl)c(Cl)cc3nc2OCc2ccccc2)C1. The Kier molecular flexibility index (Phi) is 7.25. The molecule has 2 aromatic carbocycles. The van der Waals surface area contributed by atoms with Crippen molar-refractivity contribution < 1.29 is 9.53 Å². The van der Waals surface area contributed by atoms with E-state index < -0.39 is 0 Å². The molecule has 0 radical (unpaired) electrons. The van der Waals surface area contributed by atoms with Crippen LogP contribution in [0.1, 0.15) is 32.8 Å². The third kappa shape index (κ3) is 5.17. The van der Waals surface area contributed by atoms with Crippen LogP contribution in [-0.2, 0) is 11.4 Å². The lowest BCUT2D eigenvalue weighted by Crippen LogP contribution is -2.43. The van der Waals surface area contributed by atoms with Gasteiger partial charge >= 0.3 is 0 Å². The molecule has 0 saturated carbocycles. The number of likely N-dealkylation sites (N-methyl/N-ethyl adjacent to an activating group) is 1. The summed E-state index contributed by atoms with van der Waals surface area (Å²) in [6.45, 7) is 8.40. The van der Waals surface area contributed by atoms with Crippen molar-refractivity contribution in [1.82, 2.24) is 14.9 Å². The van der Waals surface area contributed by atoms with Crippen LogP contribution >= 0.6 is 23.2 Å². The summed E-state index contributed by atoms with van der Waals surface area (Å²) in [5, 5.41) is 0.855. The molecule has 2 heterocycles. The number of anilines is 1. The lowest BCUT2D eigenvalue weighted by atomic mass is 10.1. The van der Waals surface area contributed by atoms with Crippen molar-refractivity contribution in [3.63, 3.8) is 0 Å². The third-order valence-corrected chi connectivity index (χ3v) is 6.62. The number of carbonyl (C=O) groups is 1. The number of hydrogen-bond acceptors (Lipinski definition) is 5. The number of benzene rings is 2. The van der Waals surface area contributed by atoms with E-state index in [1.807, 2.05) is 56.0 Å². The number of nitrogens with zero attached hydrogens (tertiary/aromatic N) is 4. The van der Waals surface area contributed by atoms with Crippen molar-refractivity contribution in [2.75, 3.05) is 24.5 Å². The van der Waals surface area contributed by atoms with Gasteiger partial charge in [-0.05, 0) is 31.0 Å². The highest BCUT2D eigenvalue weighted by atomic mass is 35.5. The minimum absolute atomic E-state index is 0.0314. The normalized spacial score (nSPS) is 15.9. The fraction of sp³-hybridized carbons (Fsp3) is 0.400. The van der Waals surface area contributed by atoms with Crippen molar-refractivity contribution in [3.8, 4) is 5.88 Å². The number of rotatable bonds is 7. The van der Waals surface area contributed by atoms with E-state index in [1.165, 1.54) is 0 Å². The summed E-state index contributed by atoms with van der Waals surface area (Å²) in [7, 11) is 0. The second-order valence-corrected chi connectivity index (χ2v) is 9.36. The third-order valence-electron chi connectivity index (χ3n) is 5.90. The monoisotopic (exact) mass is 486 g/mol. The Morgan fingerprint density at radius 3 is 2.45 bits per heavy atom. The van der Waals surface area contributed by atoms with Crippen LogP contribution in [0.2, 0.25) is 10.0 Å². The maximum absolute atomic E-state index is 12.7. The van der Waals surface area contributed by atoms with Crippen molar-refractivity contribution in [2.45, 2.75) is 39.8 Å². The van der Waals surface area contributed by atoms with Gasteiger partial charge in [-0.3, -0.25) is 4.79 Å². The minimum Gasteiger partial charge on any atom is -0.470 e. The number of halogens is 2. The number of carbonyl (C=O) groups excluding carboxylic acids is 1. The zero-order valence-electron chi connectivity index (χ0n) is 19.1. The predicted molar refractivity (Wildman–Crippen MR) is 133 cm³/mol. The Hall–Kier alpha value is -2.57. The molecule has 0 N–H and O–H groups in total. The molecule has 1 fully saturated rings. The molecule has 8 heteroatoms. The first-order chi connectivity index (χ1) is 15.9. The van der Waals surface area contributed by atoms with Gasteiger partial charge < -0.3 is 14.5 Å². The number of hydrogen-bond donors (Lipinski definition) is 0. The molecule has 0 bridgehead atoms. The van der Waals surface area contributed by atoms with Gasteiger partial charge in [-0.1, -0.05) is 67.4 Å². The highest BCUT2D eigenvalue weighted by Crippen LogP contribution is 2.34. The molecule has 0 spiro atoms. The Bertz CT molecular complexity index is 1140. The van der Waals surface area contributed by atoms with Gasteiger partial charge in [0.15, 0.2) is 5.82 Å². The summed E-state index contributed by atoms with van der Waals surface area (Å²) < 4.78 is 6.15. The Morgan fingerprint density at radius 1 is 1.15 bits per heavy atom. The molecule has 174 valence electrons. The van der Waals surface area contributed by atoms with Crippen LogP contribution in [0.15, 0.2) is 42.5 Å². The first-order valence-electron chi connectivity index (χ1n) is 11.3. The minimum atomic E-state index is -0.0314. The van der Waals surface area contributed by atoms with Crippen molar-refractivity contribution in [2.24, 2.45) is 5.92 Å². The lowest BCUT2D eigenvalue weighted by molar-refractivity contribution is -0.136. The van der Waals surface area contributed by atoms with Gasteiger partial charge in [0.05, 0.1) is 27.1 Å². The van der Waals surface area contributed by atoms with Crippen molar-refractivity contribution in [1.29, 1.82) is 0 Å². The summed E-state index contributed by atoms with van der Waals surface area (Å²) >= 11 is 12.5. The fourth-order valence-corrected chi connectivity index (χ4v) is 4.49. The standard InChI is InChI=1S/C25H28Cl2N4O2/c1-4-31(25(32)16(2)3)18-10-11-30(14-18)23-24(33-15-17-8-6-5-7-9-17)29-22-13-20(27)19(26)12-21(22)28-23/h5-9,12-13,16,18H,4,10-11,14-15H2,1-3H3/t18-/m0/s1. The fourth-order valence-electron chi connectivity index (χ4n) is 4.17. The van der Waals surface area contributed by atoms with Crippen LogP contribution in [0.5, 0.6) is 5.88 Å². The van der Waals surface area contributed by atoms with E-state index in [-0.39, 0.29) is 17.9 Å². The summed E-state index contributed by atoms with van der Waals surface area (Å²) in [5.41, 5.74) is 2.32. The molecule has 0 unspecified atom stereocenters. The summed E-state index contributed by atoms with van der Waals surface area (Å²) in [5.74, 6) is 1.25.